The lowest BCUT2D eigenvalue weighted by molar-refractivity contribution is -0.141. The number of fused-ring (bicyclic) bond motifs is 1. The molecule has 12 heteroatoms. The molecule has 3 amide bonds. The molecule has 41 heavy (non-hydrogen) atoms. The molecule has 0 fully saturated rings. The van der Waals surface area contributed by atoms with Crippen LogP contribution in [-0.4, -0.2) is 49.5 Å². The third-order valence-corrected chi connectivity index (χ3v) is 8.19. The van der Waals surface area contributed by atoms with E-state index >= 15 is 0 Å². The van der Waals surface area contributed by atoms with Crippen molar-refractivity contribution < 1.29 is 33.3 Å². The number of esters is 1. The number of methoxy groups -OCH3 is 1. The summed E-state index contributed by atoms with van der Waals surface area (Å²) in [6, 6.07) is 11.6. The van der Waals surface area contributed by atoms with Crippen LogP contribution in [0.25, 0.3) is 0 Å². The van der Waals surface area contributed by atoms with Crippen molar-refractivity contribution in [3.8, 4) is 11.5 Å². The number of urea groups is 1. The minimum atomic E-state index is -0.668. The van der Waals surface area contributed by atoms with Crippen molar-refractivity contribution in [2.75, 3.05) is 20.5 Å². The van der Waals surface area contributed by atoms with Gasteiger partial charge in [-0.3, -0.25) is 9.69 Å². The number of carbonyl (C=O) groups is 3. The second-order valence-corrected chi connectivity index (χ2v) is 11.6. The quantitative estimate of drug-likeness (QED) is 0.223. The van der Waals surface area contributed by atoms with E-state index in [1.54, 1.807) is 45.8 Å². The summed E-state index contributed by atoms with van der Waals surface area (Å²) in [5.41, 5.74) is 0.670. The first-order chi connectivity index (χ1) is 19.9. The molecule has 0 unspecified atom stereocenters. The molecule has 0 saturated heterocycles. The van der Waals surface area contributed by atoms with Gasteiger partial charge in [-0.25, -0.2) is 9.59 Å². The Hall–Kier alpha value is -3.77. The van der Waals surface area contributed by atoms with Gasteiger partial charge in [0, 0.05) is 9.75 Å². The molecule has 3 heterocycles. The van der Waals surface area contributed by atoms with Crippen LogP contribution in [0, 0.1) is 0 Å². The van der Waals surface area contributed by atoms with Gasteiger partial charge in [-0.15, -0.1) is 22.7 Å². The van der Waals surface area contributed by atoms with Crippen molar-refractivity contribution in [3.63, 3.8) is 0 Å². The molecule has 0 saturated carbocycles. The molecule has 1 aliphatic rings. The summed E-state index contributed by atoms with van der Waals surface area (Å²) >= 11 is 3.16. The Morgan fingerprint density at radius 3 is 2.34 bits per heavy atom. The fourth-order valence-electron chi connectivity index (χ4n) is 4.29. The molecular formula is C29H35N3O7S2. The van der Waals surface area contributed by atoms with Crippen molar-refractivity contribution in [3.05, 3.63) is 68.5 Å². The van der Waals surface area contributed by atoms with Gasteiger partial charge < -0.3 is 29.6 Å². The molecule has 4 rings (SSSR count). The number of nitrogens with zero attached hydrogens (tertiary/aromatic N) is 1. The summed E-state index contributed by atoms with van der Waals surface area (Å²) in [6.07, 6.45) is 1.86. The van der Waals surface area contributed by atoms with Gasteiger partial charge in [0.05, 0.1) is 38.7 Å². The maximum absolute atomic E-state index is 13.2. The molecule has 3 aromatic rings. The molecule has 2 N–H and O–H groups in total. The molecule has 220 valence electrons. The van der Waals surface area contributed by atoms with Gasteiger partial charge in [-0.1, -0.05) is 38.0 Å². The number of benzene rings is 1. The molecule has 0 aliphatic carbocycles. The van der Waals surface area contributed by atoms with Crippen LogP contribution in [0.4, 0.5) is 9.59 Å². The second-order valence-electron chi connectivity index (χ2n) is 9.49. The lowest BCUT2D eigenvalue weighted by Gasteiger charge is -2.25. The van der Waals surface area contributed by atoms with Gasteiger partial charge >= 0.3 is 18.1 Å². The molecule has 2 aromatic heterocycles. The lowest BCUT2D eigenvalue weighted by atomic mass is 10.0. The standard InChI is InChI=1S/C29H35N3O7S2/c1-3-4-7-21(18-37-29(35)32(16-22-8-5-12-40-22)17-23-9-6-13-41-23)30-28(34)31-24(15-27(33)36-2)20-10-11-25-26(14-20)39-19-38-25/h5-6,8-14,21,24H,3-4,7,15-19H2,1-2H3,(H2,30,31,34)/t21-,24+/m0/s1. The van der Waals surface area contributed by atoms with Gasteiger partial charge in [0.2, 0.25) is 6.79 Å². The second kappa shape index (κ2) is 15.3. The zero-order valence-electron chi connectivity index (χ0n) is 23.1. The summed E-state index contributed by atoms with van der Waals surface area (Å²) in [5, 5.41) is 9.76. The monoisotopic (exact) mass is 601 g/mol. The highest BCUT2D eigenvalue weighted by molar-refractivity contribution is 7.10. The van der Waals surface area contributed by atoms with Crippen LogP contribution in [0.5, 0.6) is 11.5 Å². The van der Waals surface area contributed by atoms with Crippen molar-refractivity contribution in [1.29, 1.82) is 0 Å². The lowest BCUT2D eigenvalue weighted by Crippen LogP contribution is -2.46. The summed E-state index contributed by atoms with van der Waals surface area (Å²) in [4.78, 5) is 42.2. The van der Waals surface area contributed by atoms with Crippen LogP contribution < -0.4 is 20.1 Å². The molecule has 0 spiro atoms. The van der Waals surface area contributed by atoms with Crippen molar-refractivity contribution in [1.82, 2.24) is 15.5 Å². The Morgan fingerprint density at radius 1 is 1.00 bits per heavy atom. The predicted octanol–water partition coefficient (Wildman–Crippen LogP) is 5.84. The molecular weight excluding hydrogens is 566 g/mol. The maximum atomic E-state index is 13.2. The van der Waals surface area contributed by atoms with Gasteiger partial charge in [-0.2, -0.15) is 0 Å². The topological polar surface area (TPSA) is 115 Å². The fraction of sp³-hybridized carbons (Fsp3) is 0.414. The number of nitrogens with one attached hydrogen (secondary N) is 2. The van der Waals surface area contributed by atoms with Crippen LogP contribution in [0.3, 0.4) is 0 Å². The summed E-state index contributed by atoms with van der Waals surface area (Å²) < 4.78 is 21.4. The Morgan fingerprint density at radius 2 is 1.71 bits per heavy atom. The van der Waals surface area contributed by atoms with E-state index in [0.717, 1.165) is 22.6 Å². The van der Waals surface area contributed by atoms with Crippen molar-refractivity contribution in [2.45, 2.75) is 57.8 Å². The van der Waals surface area contributed by atoms with E-state index in [9.17, 15) is 14.4 Å². The highest BCUT2D eigenvalue weighted by Gasteiger charge is 2.25. The van der Waals surface area contributed by atoms with Crippen LogP contribution in [0.1, 0.15) is 54.0 Å². The average molecular weight is 602 g/mol. The van der Waals surface area contributed by atoms with Crippen molar-refractivity contribution >= 4 is 40.8 Å². The minimum absolute atomic E-state index is 0.0172. The van der Waals surface area contributed by atoms with Gasteiger partial charge in [0.25, 0.3) is 0 Å². The maximum Gasteiger partial charge on any atom is 0.410 e. The largest absolute Gasteiger partial charge is 0.469 e. The number of amides is 3. The molecule has 0 bridgehead atoms. The molecule has 10 nitrogen and oxygen atoms in total. The number of unbranched alkanes of at least 4 members (excludes halogenated alkanes) is 1. The number of thiophene rings is 2. The zero-order valence-corrected chi connectivity index (χ0v) is 24.8. The van der Waals surface area contributed by atoms with Gasteiger partial charge in [0.15, 0.2) is 11.5 Å². The van der Waals surface area contributed by atoms with Gasteiger partial charge in [-0.05, 0) is 47.0 Å². The SMILES string of the molecule is CCCC[C@@H](COC(=O)N(Cc1cccs1)Cc1cccs1)NC(=O)N[C@H](CC(=O)OC)c1ccc2c(c1)OCO2. The Balaban J connectivity index is 1.39. The molecule has 2 atom stereocenters. The smallest absolute Gasteiger partial charge is 0.410 e. The Kier molecular flexibility index (Phi) is 11.3. The Labute approximate surface area is 247 Å². The number of carbonyl (C=O) groups excluding carboxylic acids is 3. The van der Waals surface area contributed by atoms with Crippen LogP contribution in [0.2, 0.25) is 0 Å². The van der Waals surface area contributed by atoms with E-state index in [-0.39, 0.29) is 19.8 Å². The summed E-state index contributed by atoms with van der Waals surface area (Å²) in [5.74, 6) is 0.673. The molecule has 1 aliphatic heterocycles. The molecule has 1 aromatic carbocycles. The number of hydrogen-bond acceptors (Lipinski definition) is 9. The van der Waals surface area contributed by atoms with E-state index in [0.29, 0.717) is 36.6 Å². The average Bonchev–Trinajstić information content (AvgIpc) is 3.76. The first kappa shape index (κ1) is 30.2. The highest BCUT2D eigenvalue weighted by atomic mass is 32.1. The first-order valence-corrected chi connectivity index (χ1v) is 15.2. The third-order valence-electron chi connectivity index (χ3n) is 6.46. The Bertz CT molecular complexity index is 1230. The fourth-order valence-corrected chi connectivity index (χ4v) is 5.73. The summed E-state index contributed by atoms with van der Waals surface area (Å²) in [6.45, 7) is 3.06. The molecule has 0 radical (unpaired) electrons. The number of ether oxygens (including phenoxy) is 4. The summed E-state index contributed by atoms with van der Waals surface area (Å²) in [7, 11) is 1.30. The number of hydrogen-bond donors (Lipinski definition) is 2. The zero-order chi connectivity index (χ0) is 29.0. The minimum Gasteiger partial charge on any atom is -0.469 e. The van der Waals surface area contributed by atoms with Gasteiger partial charge in [0.1, 0.15) is 6.61 Å². The van der Waals surface area contributed by atoms with E-state index in [2.05, 4.69) is 17.6 Å². The van der Waals surface area contributed by atoms with Crippen LogP contribution in [0.15, 0.2) is 53.2 Å². The first-order valence-electron chi connectivity index (χ1n) is 13.4. The normalized spacial score (nSPS) is 13.2. The third kappa shape index (κ3) is 9.12. The highest BCUT2D eigenvalue weighted by Crippen LogP contribution is 2.35. The van der Waals surface area contributed by atoms with Crippen LogP contribution in [-0.2, 0) is 27.4 Å². The van der Waals surface area contributed by atoms with Crippen molar-refractivity contribution in [2.24, 2.45) is 0 Å². The number of rotatable bonds is 14. The van der Waals surface area contributed by atoms with Crippen LogP contribution >= 0.6 is 22.7 Å². The predicted molar refractivity (Wildman–Crippen MR) is 156 cm³/mol. The van der Waals surface area contributed by atoms with E-state index in [1.807, 2.05) is 35.0 Å². The van der Waals surface area contributed by atoms with E-state index < -0.39 is 30.2 Å². The van der Waals surface area contributed by atoms with E-state index in [1.165, 1.54) is 7.11 Å². The van der Waals surface area contributed by atoms with E-state index in [4.69, 9.17) is 18.9 Å².